The fourth-order valence-electron chi connectivity index (χ4n) is 2.34. The van der Waals surface area contributed by atoms with Gasteiger partial charge in [-0.25, -0.2) is 4.79 Å². The lowest BCUT2D eigenvalue weighted by molar-refractivity contribution is 0.719. The molecular formula is C15H13Br2N3O. The molecule has 0 fully saturated rings. The number of fused-ring (bicyclic) bond motifs is 1. The summed E-state index contributed by atoms with van der Waals surface area (Å²) in [5.41, 5.74) is 9.78. The molecule has 0 bridgehead atoms. The highest BCUT2D eigenvalue weighted by Crippen LogP contribution is 2.28. The van der Waals surface area contributed by atoms with E-state index in [1.807, 2.05) is 24.3 Å². The lowest BCUT2D eigenvalue weighted by Gasteiger charge is -2.14. The van der Waals surface area contributed by atoms with E-state index in [9.17, 15) is 4.79 Å². The van der Waals surface area contributed by atoms with Crippen molar-refractivity contribution in [2.75, 3.05) is 0 Å². The van der Waals surface area contributed by atoms with Gasteiger partial charge in [-0.3, -0.25) is 0 Å². The van der Waals surface area contributed by atoms with Crippen molar-refractivity contribution in [2.45, 2.75) is 12.5 Å². The van der Waals surface area contributed by atoms with Crippen LogP contribution in [0.1, 0.15) is 17.2 Å². The minimum atomic E-state index is -0.212. The molecule has 4 N–H and O–H groups in total. The Morgan fingerprint density at radius 3 is 2.33 bits per heavy atom. The van der Waals surface area contributed by atoms with Crippen LogP contribution in [0.5, 0.6) is 0 Å². The van der Waals surface area contributed by atoms with Crippen LogP contribution in [-0.2, 0) is 6.42 Å². The van der Waals surface area contributed by atoms with Crippen molar-refractivity contribution in [1.82, 2.24) is 9.97 Å². The van der Waals surface area contributed by atoms with E-state index in [1.54, 1.807) is 0 Å². The fraction of sp³-hybridized carbons (Fsp3) is 0.133. The predicted octanol–water partition coefficient (Wildman–Crippen LogP) is 3.62. The van der Waals surface area contributed by atoms with Crippen LogP contribution >= 0.6 is 31.9 Å². The quantitative estimate of drug-likeness (QED) is 0.616. The van der Waals surface area contributed by atoms with Gasteiger partial charge in [-0.05, 0) is 41.8 Å². The summed E-state index contributed by atoms with van der Waals surface area (Å²) in [7, 11) is 0. The summed E-state index contributed by atoms with van der Waals surface area (Å²) in [5, 5.41) is 0. The minimum Gasteiger partial charge on any atom is -0.324 e. The van der Waals surface area contributed by atoms with Gasteiger partial charge in [0.25, 0.3) is 0 Å². The molecule has 6 heteroatoms. The summed E-state index contributed by atoms with van der Waals surface area (Å²) in [6, 6.07) is 11.8. The number of nitrogens with one attached hydrogen (secondary N) is 2. The first-order chi connectivity index (χ1) is 10.0. The molecule has 0 saturated heterocycles. The minimum absolute atomic E-state index is 0.150. The van der Waals surface area contributed by atoms with E-state index in [0.29, 0.717) is 0 Å². The standard InChI is InChI=1S/C15H13Br2N3O/c16-9-3-1-8(2-4-9)5-12(18)10-6-13-14(7-11(10)17)20-15(21)19-13/h1-4,6-7,12H,5,18H2,(H2,19,20,21). The monoisotopic (exact) mass is 409 g/mol. The molecule has 1 aromatic heterocycles. The number of aromatic nitrogens is 2. The van der Waals surface area contributed by atoms with E-state index in [-0.39, 0.29) is 11.7 Å². The van der Waals surface area contributed by atoms with E-state index in [1.165, 1.54) is 5.56 Å². The molecule has 0 aliphatic carbocycles. The Kier molecular flexibility index (Phi) is 4.01. The third-order valence-electron chi connectivity index (χ3n) is 3.40. The zero-order valence-corrected chi connectivity index (χ0v) is 14.2. The van der Waals surface area contributed by atoms with Crippen LogP contribution < -0.4 is 11.4 Å². The smallest absolute Gasteiger partial charge is 0.323 e. The van der Waals surface area contributed by atoms with Crippen LogP contribution in [0.15, 0.2) is 50.1 Å². The van der Waals surface area contributed by atoms with Gasteiger partial charge in [0, 0.05) is 15.0 Å². The molecule has 0 radical (unpaired) electrons. The average Bonchev–Trinajstić information content (AvgIpc) is 2.79. The van der Waals surface area contributed by atoms with Crippen molar-refractivity contribution >= 4 is 42.9 Å². The summed E-state index contributed by atoms with van der Waals surface area (Å²) < 4.78 is 1.95. The summed E-state index contributed by atoms with van der Waals surface area (Å²) >= 11 is 6.95. The number of hydrogen-bond acceptors (Lipinski definition) is 2. The lowest BCUT2D eigenvalue weighted by Crippen LogP contribution is -2.14. The van der Waals surface area contributed by atoms with E-state index in [0.717, 1.165) is 32.0 Å². The molecule has 1 atom stereocenters. The normalized spacial score (nSPS) is 12.7. The molecule has 3 aromatic rings. The van der Waals surface area contributed by atoms with E-state index in [4.69, 9.17) is 5.73 Å². The maximum atomic E-state index is 11.3. The predicted molar refractivity (Wildman–Crippen MR) is 91.4 cm³/mol. The number of hydrogen-bond donors (Lipinski definition) is 3. The fourth-order valence-corrected chi connectivity index (χ4v) is 3.24. The first kappa shape index (κ1) is 14.6. The first-order valence-electron chi connectivity index (χ1n) is 6.44. The van der Waals surface area contributed by atoms with Gasteiger partial charge in [-0.2, -0.15) is 0 Å². The van der Waals surface area contributed by atoms with Gasteiger partial charge >= 0.3 is 5.69 Å². The van der Waals surface area contributed by atoms with Crippen molar-refractivity contribution < 1.29 is 0 Å². The number of nitrogens with two attached hydrogens (primary N) is 1. The second-order valence-electron chi connectivity index (χ2n) is 4.94. The molecule has 0 aliphatic heterocycles. The van der Waals surface area contributed by atoms with Crippen molar-refractivity contribution in [1.29, 1.82) is 0 Å². The summed E-state index contributed by atoms with van der Waals surface area (Å²) in [6.07, 6.45) is 0.728. The van der Waals surface area contributed by atoms with Crippen molar-refractivity contribution in [2.24, 2.45) is 5.73 Å². The van der Waals surface area contributed by atoms with Gasteiger partial charge in [0.05, 0.1) is 11.0 Å². The molecule has 0 spiro atoms. The van der Waals surface area contributed by atoms with Crippen LogP contribution in [0.25, 0.3) is 11.0 Å². The Balaban J connectivity index is 1.93. The highest BCUT2D eigenvalue weighted by atomic mass is 79.9. The molecule has 108 valence electrons. The zero-order chi connectivity index (χ0) is 15.0. The first-order valence-corrected chi connectivity index (χ1v) is 8.03. The SMILES string of the molecule is NC(Cc1ccc(Br)cc1)c1cc2[nH]c(=O)[nH]c2cc1Br. The molecule has 0 saturated carbocycles. The number of H-pyrrole nitrogens is 2. The maximum absolute atomic E-state index is 11.3. The maximum Gasteiger partial charge on any atom is 0.323 e. The van der Waals surface area contributed by atoms with Gasteiger partial charge in [-0.15, -0.1) is 0 Å². The van der Waals surface area contributed by atoms with Crippen LogP contribution in [-0.4, -0.2) is 9.97 Å². The van der Waals surface area contributed by atoms with Gasteiger partial charge in [0.1, 0.15) is 0 Å². The largest absolute Gasteiger partial charge is 0.324 e. The van der Waals surface area contributed by atoms with E-state index >= 15 is 0 Å². The Morgan fingerprint density at radius 1 is 1.05 bits per heavy atom. The molecule has 0 amide bonds. The van der Waals surface area contributed by atoms with Gasteiger partial charge in [0.2, 0.25) is 0 Å². The van der Waals surface area contributed by atoms with E-state index in [2.05, 4.69) is 54.0 Å². The molecule has 0 aliphatic rings. The molecular weight excluding hydrogens is 398 g/mol. The van der Waals surface area contributed by atoms with E-state index < -0.39 is 0 Å². The second kappa shape index (κ2) is 5.79. The zero-order valence-electron chi connectivity index (χ0n) is 11.0. The summed E-state index contributed by atoms with van der Waals surface area (Å²) in [6.45, 7) is 0. The van der Waals surface area contributed by atoms with Crippen LogP contribution in [0, 0.1) is 0 Å². The summed E-state index contributed by atoms with van der Waals surface area (Å²) in [4.78, 5) is 16.8. The van der Waals surface area contributed by atoms with Crippen molar-refractivity contribution in [3.63, 3.8) is 0 Å². The molecule has 4 nitrogen and oxygen atoms in total. The van der Waals surface area contributed by atoms with Gasteiger partial charge in [0.15, 0.2) is 0 Å². The number of halogens is 2. The third-order valence-corrected chi connectivity index (χ3v) is 4.62. The van der Waals surface area contributed by atoms with Gasteiger partial charge in [-0.1, -0.05) is 44.0 Å². The topological polar surface area (TPSA) is 74.7 Å². The number of aromatic amines is 2. The highest BCUT2D eigenvalue weighted by Gasteiger charge is 2.13. The Morgan fingerprint density at radius 2 is 1.67 bits per heavy atom. The van der Waals surface area contributed by atoms with Crippen LogP contribution in [0.2, 0.25) is 0 Å². The number of imidazole rings is 1. The number of rotatable bonds is 3. The van der Waals surface area contributed by atoms with Crippen LogP contribution in [0.3, 0.4) is 0 Å². The van der Waals surface area contributed by atoms with Gasteiger partial charge < -0.3 is 15.7 Å². The Bertz CT molecular complexity index is 836. The molecule has 21 heavy (non-hydrogen) atoms. The number of benzene rings is 2. The Hall–Kier alpha value is -1.37. The van der Waals surface area contributed by atoms with Crippen molar-refractivity contribution in [3.05, 3.63) is 67.0 Å². The summed E-state index contributed by atoms with van der Waals surface area (Å²) in [5.74, 6) is 0. The Labute approximate surface area is 138 Å². The second-order valence-corrected chi connectivity index (χ2v) is 6.71. The highest BCUT2D eigenvalue weighted by molar-refractivity contribution is 9.10. The third kappa shape index (κ3) is 3.12. The van der Waals surface area contributed by atoms with Crippen LogP contribution in [0.4, 0.5) is 0 Å². The average molecular weight is 411 g/mol. The van der Waals surface area contributed by atoms with Crippen molar-refractivity contribution in [3.8, 4) is 0 Å². The lowest BCUT2D eigenvalue weighted by atomic mass is 9.99. The molecule has 3 rings (SSSR count). The molecule has 1 heterocycles. The molecule has 2 aromatic carbocycles. The molecule has 1 unspecified atom stereocenters.